The summed E-state index contributed by atoms with van der Waals surface area (Å²) in [6.45, 7) is 3.94. The fourth-order valence-electron chi connectivity index (χ4n) is 4.96. The van der Waals surface area contributed by atoms with Gasteiger partial charge < -0.3 is 20.3 Å². The van der Waals surface area contributed by atoms with Gasteiger partial charge in [-0.25, -0.2) is 4.98 Å². The van der Waals surface area contributed by atoms with Gasteiger partial charge in [-0.3, -0.25) is 14.4 Å². The number of halogens is 1. The van der Waals surface area contributed by atoms with Gasteiger partial charge in [-0.05, 0) is 70.6 Å². The Balaban J connectivity index is 1.35. The minimum absolute atomic E-state index is 0.0752. The summed E-state index contributed by atoms with van der Waals surface area (Å²) in [5.74, 6) is -0.523. The number of aliphatic hydroxyl groups is 1. The molecule has 1 spiro atoms. The first kappa shape index (κ1) is 24.4. The van der Waals surface area contributed by atoms with Crippen LogP contribution in [0.5, 0.6) is 0 Å². The van der Waals surface area contributed by atoms with Gasteiger partial charge in [0.25, 0.3) is 5.91 Å². The van der Waals surface area contributed by atoms with Crippen molar-refractivity contribution in [1.82, 2.24) is 15.3 Å². The van der Waals surface area contributed by atoms with Crippen LogP contribution < -0.4 is 10.2 Å². The number of imidazole rings is 1. The van der Waals surface area contributed by atoms with Crippen LogP contribution in [0.1, 0.15) is 79.8 Å². The number of amides is 2. The molecule has 0 atom stereocenters. The van der Waals surface area contributed by atoms with E-state index in [9.17, 15) is 19.5 Å². The van der Waals surface area contributed by atoms with Crippen molar-refractivity contribution in [2.45, 2.75) is 70.4 Å². The van der Waals surface area contributed by atoms with Crippen LogP contribution in [0.25, 0.3) is 0 Å². The second kappa shape index (κ2) is 9.50. The molecule has 3 N–H and O–H groups in total. The smallest absolute Gasteiger partial charge is 0.270 e. The van der Waals surface area contributed by atoms with Crippen LogP contribution in [0.2, 0.25) is 5.02 Å². The van der Waals surface area contributed by atoms with Crippen molar-refractivity contribution in [3.8, 4) is 0 Å². The number of hydrogen-bond acceptors (Lipinski definition) is 5. The lowest BCUT2D eigenvalue weighted by molar-refractivity contribution is -0.127. The lowest BCUT2D eigenvalue weighted by Gasteiger charge is -2.36. The van der Waals surface area contributed by atoms with Gasteiger partial charge >= 0.3 is 0 Å². The van der Waals surface area contributed by atoms with E-state index in [0.29, 0.717) is 37.3 Å². The number of nitrogens with zero attached hydrogens (tertiary/aromatic N) is 2. The summed E-state index contributed by atoms with van der Waals surface area (Å²) in [7, 11) is 0. The van der Waals surface area contributed by atoms with Crippen molar-refractivity contribution < 1.29 is 19.5 Å². The van der Waals surface area contributed by atoms with E-state index in [2.05, 4.69) is 15.3 Å². The minimum Gasteiger partial charge on any atom is -0.390 e. The van der Waals surface area contributed by atoms with Crippen molar-refractivity contribution in [1.29, 1.82) is 0 Å². The molecule has 0 radical (unpaired) electrons. The number of hydrogen-bond donors (Lipinski definition) is 3. The molecule has 1 saturated carbocycles. The zero-order chi connectivity index (χ0) is 24.5. The summed E-state index contributed by atoms with van der Waals surface area (Å²) in [5.41, 5.74) is -0.296. The predicted molar refractivity (Wildman–Crippen MR) is 129 cm³/mol. The molecule has 1 aliphatic carbocycles. The normalized spacial score (nSPS) is 22.9. The zero-order valence-electron chi connectivity index (χ0n) is 19.6. The molecule has 9 heteroatoms. The molecule has 2 aliphatic rings. The third-order valence-corrected chi connectivity index (χ3v) is 7.24. The summed E-state index contributed by atoms with van der Waals surface area (Å²) in [6, 6.07) is 7.28. The summed E-state index contributed by atoms with van der Waals surface area (Å²) in [4.78, 5) is 47.3. The Morgan fingerprint density at radius 1 is 1.29 bits per heavy atom. The number of Topliss-reactive ketones (excluding diaryl/α,β-unsaturated/α-hetero) is 1. The number of carbonyl (C=O) groups excluding carboxylic acids is 3. The van der Waals surface area contributed by atoms with E-state index in [4.69, 9.17) is 11.6 Å². The van der Waals surface area contributed by atoms with Crippen molar-refractivity contribution in [2.75, 3.05) is 11.4 Å². The van der Waals surface area contributed by atoms with Gasteiger partial charge in [0, 0.05) is 29.7 Å². The Hall–Kier alpha value is -2.71. The number of ketones is 1. The van der Waals surface area contributed by atoms with Gasteiger partial charge in [-0.2, -0.15) is 0 Å². The van der Waals surface area contributed by atoms with E-state index >= 15 is 0 Å². The highest BCUT2D eigenvalue weighted by Gasteiger charge is 2.48. The summed E-state index contributed by atoms with van der Waals surface area (Å²) < 4.78 is 0. The van der Waals surface area contributed by atoms with Gasteiger partial charge in [-0.1, -0.05) is 17.7 Å². The van der Waals surface area contributed by atoms with Crippen LogP contribution in [0, 0.1) is 5.41 Å². The molecule has 8 nitrogen and oxygen atoms in total. The van der Waals surface area contributed by atoms with E-state index in [1.165, 1.54) is 6.33 Å². The topological polar surface area (TPSA) is 115 Å². The minimum atomic E-state index is -0.966. The monoisotopic (exact) mass is 486 g/mol. The molecular formula is C25H31ClN4O4. The number of aromatic nitrogens is 2. The maximum Gasteiger partial charge on any atom is 0.270 e. The molecule has 2 fully saturated rings. The number of rotatable bonds is 7. The number of carbonyl (C=O) groups is 3. The highest BCUT2D eigenvalue weighted by atomic mass is 35.5. The van der Waals surface area contributed by atoms with E-state index in [0.717, 1.165) is 12.1 Å². The molecule has 2 heterocycles. The van der Waals surface area contributed by atoms with Gasteiger partial charge in [0.15, 0.2) is 5.78 Å². The van der Waals surface area contributed by atoms with Gasteiger partial charge in [0.05, 0.1) is 17.3 Å². The molecule has 182 valence electrons. The first-order valence-corrected chi connectivity index (χ1v) is 12.1. The first-order valence-electron chi connectivity index (χ1n) is 11.8. The van der Waals surface area contributed by atoms with Gasteiger partial charge in [-0.15, -0.1) is 0 Å². The molecule has 2 aromatic rings. The summed E-state index contributed by atoms with van der Waals surface area (Å²) in [6.07, 6.45) is 5.30. The Morgan fingerprint density at radius 3 is 2.71 bits per heavy atom. The van der Waals surface area contributed by atoms with Crippen LogP contribution in [0.4, 0.5) is 5.69 Å². The predicted octanol–water partition coefficient (Wildman–Crippen LogP) is 3.89. The maximum atomic E-state index is 13.3. The van der Waals surface area contributed by atoms with Crippen molar-refractivity contribution in [3.05, 3.63) is 47.0 Å². The molecule has 34 heavy (non-hydrogen) atoms. The van der Waals surface area contributed by atoms with Crippen LogP contribution in [0.15, 0.2) is 30.6 Å². The highest BCUT2D eigenvalue weighted by molar-refractivity contribution is 6.31. The molecule has 4 rings (SSSR count). The third kappa shape index (κ3) is 5.18. The molecule has 1 saturated heterocycles. The molecule has 0 unspecified atom stereocenters. The number of aromatic amines is 1. The average molecular weight is 487 g/mol. The van der Waals surface area contributed by atoms with Crippen molar-refractivity contribution >= 4 is 34.9 Å². The van der Waals surface area contributed by atoms with Gasteiger partial charge in [0.2, 0.25) is 5.91 Å². The molecule has 1 aromatic carbocycles. The Kier molecular flexibility index (Phi) is 6.82. The second-order valence-electron chi connectivity index (χ2n) is 10.1. The third-order valence-electron chi connectivity index (χ3n) is 7.00. The van der Waals surface area contributed by atoms with Crippen LogP contribution >= 0.6 is 11.6 Å². The number of anilines is 1. The Bertz CT molecular complexity index is 1080. The van der Waals surface area contributed by atoms with Gasteiger partial charge in [0.1, 0.15) is 11.4 Å². The Morgan fingerprint density at radius 2 is 2.03 bits per heavy atom. The molecule has 0 bridgehead atoms. The van der Waals surface area contributed by atoms with E-state index in [1.807, 2.05) is 23.1 Å². The summed E-state index contributed by atoms with van der Waals surface area (Å²) in [5, 5.41) is 13.5. The first-order chi connectivity index (χ1) is 16.1. The van der Waals surface area contributed by atoms with Crippen LogP contribution in [0.3, 0.4) is 0 Å². The number of H-pyrrole nitrogens is 1. The average Bonchev–Trinajstić information content (AvgIpc) is 3.39. The van der Waals surface area contributed by atoms with Crippen LogP contribution in [-0.4, -0.2) is 50.9 Å². The van der Waals surface area contributed by atoms with Crippen LogP contribution in [-0.2, 0) is 4.79 Å². The van der Waals surface area contributed by atoms with Crippen molar-refractivity contribution in [2.24, 2.45) is 5.41 Å². The van der Waals surface area contributed by atoms with Crippen molar-refractivity contribution in [3.63, 3.8) is 0 Å². The second-order valence-corrected chi connectivity index (χ2v) is 10.5. The van der Waals surface area contributed by atoms with E-state index in [-0.39, 0.29) is 47.9 Å². The standard InChI is InChI=1S/C25H31ClN4O4/c1-24(2,34)9-8-19(31)20-21(28-15-27-20)22(32)29-17-6-10-25(11-7-17)12-13-30(23(25)33)18-5-3-4-16(26)14-18/h3-5,14-15,17,34H,6-13H2,1-2H3,(H,27,28)(H,29,32). The zero-order valence-corrected chi connectivity index (χ0v) is 20.3. The lowest BCUT2D eigenvalue weighted by atomic mass is 9.71. The van der Waals surface area contributed by atoms with E-state index < -0.39 is 11.0 Å². The maximum absolute atomic E-state index is 13.3. The fraction of sp³-hybridized carbons (Fsp3) is 0.520. The lowest BCUT2D eigenvalue weighted by Crippen LogP contribution is -2.44. The number of nitrogens with one attached hydrogen (secondary N) is 2. The quantitative estimate of drug-likeness (QED) is 0.513. The van der Waals surface area contributed by atoms with E-state index in [1.54, 1.807) is 19.9 Å². The largest absolute Gasteiger partial charge is 0.390 e. The summed E-state index contributed by atoms with van der Waals surface area (Å²) >= 11 is 6.11. The molecule has 1 aliphatic heterocycles. The SMILES string of the molecule is CC(C)(O)CCC(=O)c1nc[nH]c1C(=O)NC1CCC2(CC1)CCN(c1cccc(Cl)c1)C2=O. The number of benzene rings is 1. The Labute approximate surface area is 204 Å². The fourth-order valence-corrected chi connectivity index (χ4v) is 5.15. The molecule has 1 aromatic heterocycles. The highest BCUT2D eigenvalue weighted by Crippen LogP contribution is 2.46. The molecule has 2 amide bonds. The molecular weight excluding hydrogens is 456 g/mol.